The largest absolute Gasteiger partial charge is 0.306 e. The van der Waals surface area contributed by atoms with Gasteiger partial charge in [-0.05, 0) is 18.6 Å². The molecule has 1 N–H and O–H groups in total. The molecule has 2 aromatic rings. The second kappa shape index (κ2) is 5.09. The number of sulfonamides is 1. The van der Waals surface area contributed by atoms with E-state index in [0.717, 1.165) is 17.4 Å². The number of rotatable bonds is 4. The first-order chi connectivity index (χ1) is 9.31. The van der Waals surface area contributed by atoms with Crippen LogP contribution in [-0.2, 0) is 10.0 Å². The molecular weight excluding hydrogens is 311 g/mol. The quantitative estimate of drug-likeness (QED) is 0.677. The van der Waals surface area contributed by atoms with Crippen molar-refractivity contribution in [2.45, 2.75) is 11.8 Å². The summed E-state index contributed by atoms with van der Waals surface area (Å²) in [6.45, 7) is 1.24. The van der Waals surface area contributed by atoms with Gasteiger partial charge in [-0.3, -0.25) is 14.8 Å². The van der Waals surface area contributed by atoms with Crippen LogP contribution in [0, 0.1) is 22.9 Å². The Bertz CT molecular complexity index is 761. The SMILES string of the molecule is Cc1cc(S(=O)(=O)Nc2nncs2)cc([N+](=O)[O-])c1F. The van der Waals surface area contributed by atoms with Gasteiger partial charge in [0.25, 0.3) is 10.0 Å². The molecule has 0 amide bonds. The van der Waals surface area contributed by atoms with Crippen molar-refractivity contribution >= 4 is 32.2 Å². The van der Waals surface area contributed by atoms with Crippen molar-refractivity contribution in [1.29, 1.82) is 0 Å². The van der Waals surface area contributed by atoms with E-state index in [-0.39, 0.29) is 10.7 Å². The van der Waals surface area contributed by atoms with Crippen LogP contribution >= 0.6 is 11.3 Å². The normalized spacial score (nSPS) is 11.3. The molecule has 0 spiro atoms. The predicted octanol–water partition coefficient (Wildman–Crippen LogP) is 1.69. The fourth-order valence-corrected chi connectivity index (χ4v) is 3.20. The van der Waals surface area contributed by atoms with E-state index in [1.807, 2.05) is 0 Å². The fourth-order valence-electron chi connectivity index (χ4n) is 1.40. The average molecular weight is 318 g/mol. The molecule has 2 rings (SSSR count). The van der Waals surface area contributed by atoms with E-state index in [1.165, 1.54) is 12.4 Å². The maximum Gasteiger partial charge on any atom is 0.306 e. The molecule has 0 aliphatic heterocycles. The second-order valence-corrected chi connectivity index (χ2v) is 6.20. The van der Waals surface area contributed by atoms with Crippen LogP contribution < -0.4 is 4.72 Å². The van der Waals surface area contributed by atoms with E-state index in [1.54, 1.807) is 0 Å². The van der Waals surface area contributed by atoms with Crippen molar-refractivity contribution in [3.05, 3.63) is 39.1 Å². The number of nitrogens with zero attached hydrogens (tertiary/aromatic N) is 3. The fraction of sp³-hybridized carbons (Fsp3) is 0.111. The lowest BCUT2D eigenvalue weighted by atomic mass is 10.2. The first-order valence-corrected chi connectivity index (χ1v) is 7.41. The van der Waals surface area contributed by atoms with Crippen LogP contribution in [0.2, 0.25) is 0 Å². The summed E-state index contributed by atoms with van der Waals surface area (Å²) in [7, 11) is -4.09. The van der Waals surface area contributed by atoms with Crippen molar-refractivity contribution < 1.29 is 17.7 Å². The molecule has 0 saturated carbocycles. The molecule has 11 heteroatoms. The van der Waals surface area contributed by atoms with Crippen LogP contribution in [0.1, 0.15) is 5.56 Å². The van der Waals surface area contributed by atoms with Gasteiger partial charge in [-0.15, -0.1) is 10.2 Å². The minimum absolute atomic E-state index is 0.00892. The minimum atomic E-state index is -4.09. The van der Waals surface area contributed by atoms with Gasteiger partial charge in [0.15, 0.2) is 0 Å². The Balaban J connectivity index is 2.49. The van der Waals surface area contributed by atoms with E-state index in [4.69, 9.17) is 0 Å². The molecule has 0 aliphatic carbocycles. The molecule has 0 radical (unpaired) electrons. The van der Waals surface area contributed by atoms with Crippen molar-refractivity contribution in [2.75, 3.05) is 4.72 Å². The third kappa shape index (κ3) is 2.72. The van der Waals surface area contributed by atoms with Gasteiger partial charge in [-0.1, -0.05) is 11.3 Å². The summed E-state index contributed by atoms with van der Waals surface area (Å²) < 4.78 is 39.7. The molecule has 1 aromatic heterocycles. The van der Waals surface area contributed by atoms with Gasteiger partial charge in [0, 0.05) is 6.07 Å². The van der Waals surface area contributed by atoms with Gasteiger partial charge < -0.3 is 0 Å². The molecule has 0 atom stereocenters. The summed E-state index contributed by atoms with van der Waals surface area (Å²) in [5.41, 5.74) is 0.274. The predicted molar refractivity (Wildman–Crippen MR) is 68.5 cm³/mol. The van der Waals surface area contributed by atoms with Gasteiger partial charge in [0.05, 0.1) is 9.82 Å². The van der Waals surface area contributed by atoms with Crippen LogP contribution in [0.4, 0.5) is 15.2 Å². The van der Waals surface area contributed by atoms with Crippen LogP contribution in [-0.4, -0.2) is 23.5 Å². The number of anilines is 1. The second-order valence-electron chi connectivity index (χ2n) is 3.68. The average Bonchev–Trinajstić information content (AvgIpc) is 2.83. The molecular formula is C9H7FN4O4S2. The van der Waals surface area contributed by atoms with Crippen LogP contribution in [0.5, 0.6) is 0 Å². The Morgan fingerprint density at radius 3 is 2.70 bits per heavy atom. The Labute approximate surface area is 116 Å². The maximum atomic E-state index is 13.5. The lowest BCUT2D eigenvalue weighted by Gasteiger charge is -2.06. The number of nitro groups is 1. The maximum absolute atomic E-state index is 13.5. The summed E-state index contributed by atoms with van der Waals surface area (Å²) in [5, 5.41) is 17.7. The van der Waals surface area contributed by atoms with Gasteiger partial charge in [-0.2, -0.15) is 4.39 Å². The first kappa shape index (κ1) is 14.3. The molecule has 0 bridgehead atoms. The summed E-state index contributed by atoms with van der Waals surface area (Å²) in [4.78, 5) is 9.30. The number of hydrogen-bond donors (Lipinski definition) is 1. The van der Waals surface area contributed by atoms with E-state index in [2.05, 4.69) is 14.9 Å². The lowest BCUT2D eigenvalue weighted by molar-refractivity contribution is -0.387. The van der Waals surface area contributed by atoms with Gasteiger partial charge in [0.1, 0.15) is 5.51 Å². The first-order valence-electron chi connectivity index (χ1n) is 5.05. The van der Waals surface area contributed by atoms with E-state index in [9.17, 15) is 22.9 Å². The zero-order valence-corrected chi connectivity index (χ0v) is 11.5. The van der Waals surface area contributed by atoms with Crippen molar-refractivity contribution in [1.82, 2.24) is 10.2 Å². The highest BCUT2D eigenvalue weighted by molar-refractivity contribution is 7.93. The zero-order valence-electron chi connectivity index (χ0n) is 9.90. The highest BCUT2D eigenvalue weighted by Crippen LogP contribution is 2.26. The molecule has 0 unspecified atom stereocenters. The number of aryl methyl sites for hydroxylation is 1. The van der Waals surface area contributed by atoms with Crippen molar-refractivity contribution in [3.63, 3.8) is 0 Å². The Hall–Kier alpha value is -2.14. The number of halogens is 1. The molecule has 0 fully saturated rings. The molecule has 8 nitrogen and oxygen atoms in total. The summed E-state index contributed by atoms with van der Waals surface area (Å²) in [6.07, 6.45) is 0. The van der Waals surface area contributed by atoms with Crippen LogP contribution in [0.15, 0.2) is 22.5 Å². The number of nitrogens with one attached hydrogen (secondary N) is 1. The summed E-state index contributed by atoms with van der Waals surface area (Å²) >= 11 is 0.942. The Morgan fingerprint density at radius 2 is 2.15 bits per heavy atom. The Morgan fingerprint density at radius 1 is 1.45 bits per heavy atom. The number of hydrogen-bond acceptors (Lipinski definition) is 7. The minimum Gasteiger partial charge on any atom is -0.258 e. The van der Waals surface area contributed by atoms with Gasteiger partial charge >= 0.3 is 5.69 Å². The smallest absolute Gasteiger partial charge is 0.258 e. The lowest BCUT2D eigenvalue weighted by Crippen LogP contribution is -2.14. The van der Waals surface area contributed by atoms with Gasteiger partial charge in [-0.25, -0.2) is 8.42 Å². The van der Waals surface area contributed by atoms with E-state index >= 15 is 0 Å². The molecule has 106 valence electrons. The topological polar surface area (TPSA) is 115 Å². The van der Waals surface area contributed by atoms with Crippen molar-refractivity contribution in [3.8, 4) is 0 Å². The zero-order chi connectivity index (χ0) is 14.9. The molecule has 20 heavy (non-hydrogen) atoms. The number of benzene rings is 1. The molecule has 0 aliphatic rings. The number of nitro benzene ring substituents is 1. The third-order valence-corrected chi connectivity index (χ3v) is 4.35. The molecule has 1 heterocycles. The highest BCUT2D eigenvalue weighted by Gasteiger charge is 2.24. The van der Waals surface area contributed by atoms with E-state index < -0.39 is 31.3 Å². The Kier molecular flexibility index (Phi) is 3.63. The molecule has 0 saturated heterocycles. The van der Waals surface area contributed by atoms with Gasteiger partial charge in [0.2, 0.25) is 10.9 Å². The summed E-state index contributed by atoms with van der Waals surface area (Å²) in [6, 6.07) is 1.66. The summed E-state index contributed by atoms with van der Waals surface area (Å²) in [5.74, 6) is -1.06. The molecule has 1 aromatic carbocycles. The van der Waals surface area contributed by atoms with Crippen LogP contribution in [0.3, 0.4) is 0 Å². The standard InChI is InChI=1S/C9H7FN4O4S2/c1-5-2-6(3-7(8(5)10)14(15)16)20(17,18)13-9-12-11-4-19-9/h2-4H,1H3,(H,12,13). The van der Waals surface area contributed by atoms with Crippen LogP contribution in [0.25, 0.3) is 0 Å². The monoisotopic (exact) mass is 318 g/mol. The number of aromatic nitrogens is 2. The van der Waals surface area contributed by atoms with Crippen molar-refractivity contribution in [2.24, 2.45) is 0 Å². The van der Waals surface area contributed by atoms with E-state index in [0.29, 0.717) is 6.07 Å². The highest BCUT2D eigenvalue weighted by atomic mass is 32.2. The third-order valence-electron chi connectivity index (χ3n) is 2.30.